The van der Waals surface area contributed by atoms with Crippen molar-refractivity contribution in [3.63, 3.8) is 0 Å². The van der Waals surface area contributed by atoms with E-state index in [0.29, 0.717) is 5.56 Å². The molecule has 3 atom stereocenters. The molecule has 0 aliphatic carbocycles. The lowest BCUT2D eigenvalue weighted by molar-refractivity contribution is -0.155. The molecule has 2 N–H and O–H groups in total. The lowest BCUT2D eigenvalue weighted by Crippen LogP contribution is -2.63. The molecule has 1 aliphatic heterocycles. The number of carbonyl (C=O) groups is 2. The minimum atomic E-state index is -0.836. The molecule has 1 heterocycles. The van der Waals surface area contributed by atoms with Crippen molar-refractivity contribution in [3.05, 3.63) is 35.9 Å². The molecule has 0 unspecified atom stereocenters. The number of benzene rings is 1. The van der Waals surface area contributed by atoms with Crippen LogP contribution in [0.3, 0.4) is 0 Å². The van der Waals surface area contributed by atoms with Crippen molar-refractivity contribution < 1.29 is 19.4 Å². The first-order chi connectivity index (χ1) is 8.09. The van der Waals surface area contributed by atoms with Gasteiger partial charge in [-0.3, -0.25) is 4.79 Å². The fraction of sp³-hybridized carbons (Fsp3) is 0.333. The molecule has 0 aromatic heterocycles. The molecule has 1 aromatic rings. The standard InChI is InChI=1S/C12H13NO4/c1-7(14)9-10(15)13-11(9)17-12(16)8-5-3-2-4-6-8/h2-7,9,11,14H,1H3,(H,13,15)/t7-,9-,11-/m1/s1. The predicted molar refractivity (Wildman–Crippen MR) is 59.0 cm³/mol. The fourth-order valence-electron chi connectivity index (χ4n) is 1.70. The molecule has 2 rings (SSSR count). The number of ether oxygens (including phenoxy) is 1. The average molecular weight is 235 g/mol. The van der Waals surface area contributed by atoms with Crippen molar-refractivity contribution >= 4 is 11.9 Å². The molecule has 90 valence electrons. The van der Waals surface area contributed by atoms with Crippen LogP contribution in [0, 0.1) is 5.92 Å². The normalized spacial score (nSPS) is 24.5. The average Bonchev–Trinajstić information content (AvgIpc) is 2.28. The number of β-lactam (4-membered cyclic amide) rings is 1. The van der Waals surface area contributed by atoms with Gasteiger partial charge in [0.05, 0.1) is 11.7 Å². The van der Waals surface area contributed by atoms with Crippen LogP contribution in [0.2, 0.25) is 0 Å². The van der Waals surface area contributed by atoms with E-state index >= 15 is 0 Å². The quantitative estimate of drug-likeness (QED) is 0.583. The third-order valence-corrected chi connectivity index (χ3v) is 2.68. The van der Waals surface area contributed by atoms with Crippen molar-refractivity contribution in [2.75, 3.05) is 0 Å². The van der Waals surface area contributed by atoms with Crippen LogP contribution in [0.1, 0.15) is 17.3 Å². The van der Waals surface area contributed by atoms with E-state index in [1.807, 2.05) is 0 Å². The van der Waals surface area contributed by atoms with Gasteiger partial charge >= 0.3 is 5.97 Å². The lowest BCUT2D eigenvalue weighted by atomic mass is 9.93. The number of aliphatic hydroxyl groups is 1. The molecule has 5 nitrogen and oxygen atoms in total. The Kier molecular flexibility index (Phi) is 3.10. The first-order valence-electron chi connectivity index (χ1n) is 5.34. The second-order valence-electron chi connectivity index (χ2n) is 3.97. The highest BCUT2D eigenvalue weighted by atomic mass is 16.6. The van der Waals surface area contributed by atoms with Gasteiger partial charge < -0.3 is 15.2 Å². The minimum absolute atomic E-state index is 0.300. The predicted octanol–water partition coefficient (Wildman–Crippen LogP) is 0.296. The Morgan fingerprint density at radius 3 is 2.59 bits per heavy atom. The summed E-state index contributed by atoms with van der Waals surface area (Å²) in [7, 11) is 0. The summed E-state index contributed by atoms with van der Waals surface area (Å²) in [5.74, 6) is -1.49. The number of hydrogen-bond acceptors (Lipinski definition) is 4. The Labute approximate surface area is 98.4 Å². The lowest BCUT2D eigenvalue weighted by Gasteiger charge is -2.37. The summed E-state index contributed by atoms with van der Waals surface area (Å²) in [5.41, 5.74) is 0.415. The first-order valence-corrected chi connectivity index (χ1v) is 5.34. The van der Waals surface area contributed by atoms with Gasteiger partial charge in [-0.1, -0.05) is 18.2 Å². The second kappa shape index (κ2) is 4.55. The molecule has 0 spiro atoms. The zero-order valence-corrected chi connectivity index (χ0v) is 9.29. The van der Waals surface area contributed by atoms with Crippen LogP contribution in [-0.2, 0) is 9.53 Å². The molecule has 5 heteroatoms. The van der Waals surface area contributed by atoms with E-state index in [4.69, 9.17) is 4.74 Å². The van der Waals surface area contributed by atoms with Gasteiger partial charge in [0.1, 0.15) is 5.92 Å². The van der Waals surface area contributed by atoms with Crippen molar-refractivity contribution in [3.8, 4) is 0 Å². The SMILES string of the molecule is C[C@@H](O)[C@@H]1C(=O)N[C@@H]1OC(=O)c1ccccc1. The summed E-state index contributed by atoms with van der Waals surface area (Å²) in [6.07, 6.45) is -1.58. The fourth-order valence-corrected chi connectivity index (χ4v) is 1.70. The Morgan fingerprint density at radius 2 is 2.06 bits per heavy atom. The Balaban J connectivity index is 1.99. The van der Waals surface area contributed by atoms with Gasteiger partial charge in [-0.25, -0.2) is 4.79 Å². The number of aliphatic hydroxyl groups excluding tert-OH is 1. The van der Waals surface area contributed by atoms with E-state index < -0.39 is 24.2 Å². The highest BCUT2D eigenvalue weighted by molar-refractivity contribution is 5.91. The summed E-state index contributed by atoms with van der Waals surface area (Å²) in [4.78, 5) is 22.8. The minimum Gasteiger partial charge on any atom is -0.437 e. The number of amides is 1. The Bertz CT molecular complexity index is 429. The highest BCUT2D eigenvalue weighted by Gasteiger charge is 2.45. The molecule has 1 amide bonds. The van der Waals surface area contributed by atoms with Crippen LogP contribution in [-0.4, -0.2) is 29.3 Å². The molecule has 1 saturated heterocycles. The van der Waals surface area contributed by atoms with Crippen molar-refractivity contribution in [2.45, 2.75) is 19.3 Å². The maximum absolute atomic E-state index is 11.7. The largest absolute Gasteiger partial charge is 0.437 e. The molecule has 1 fully saturated rings. The van der Waals surface area contributed by atoms with Gasteiger partial charge in [-0.15, -0.1) is 0 Å². The van der Waals surface area contributed by atoms with Crippen LogP contribution < -0.4 is 5.32 Å². The van der Waals surface area contributed by atoms with Gasteiger partial charge in [0.15, 0.2) is 6.23 Å². The molecule has 0 saturated carbocycles. The maximum atomic E-state index is 11.7. The topological polar surface area (TPSA) is 75.6 Å². The zero-order chi connectivity index (χ0) is 12.4. The maximum Gasteiger partial charge on any atom is 0.340 e. The van der Waals surface area contributed by atoms with Gasteiger partial charge in [0.2, 0.25) is 5.91 Å². The van der Waals surface area contributed by atoms with Crippen LogP contribution in [0.25, 0.3) is 0 Å². The summed E-state index contributed by atoms with van der Waals surface area (Å²) in [5, 5.41) is 11.8. The molecular formula is C12H13NO4. The van der Waals surface area contributed by atoms with Gasteiger partial charge in [-0.2, -0.15) is 0 Å². The van der Waals surface area contributed by atoms with Crippen LogP contribution in [0.4, 0.5) is 0 Å². The molecule has 1 aliphatic rings. The second-order valence-corrected chi connectivity index (χ2v) is 3.97. The van der Waals surface area contributed by atoms with Crippen LogP contribution in [0.15, 0.2) is 30.3 Å². The molecule has 0 bridgehead atoms. The third kappa shape index (κ3) is 2.29. The summed E-state index contributed by atoms with van der Waals surface area (Å²) >= 11 is 0. The monoisotopic (exact) mass is 235 g/mol. The Morgan fingerprint density at radius 1 is 1.41 bits per heavy atom. The van der Waals surface area contributed by atoms with Gasteiger partial charge in [0, 0.05) is 0 Å². The number of rotatable bonds is 3. The molecule has 0 radical (unpaired) electrons. The first kappa shape index (κ1) is 11.6. The van der Waals surface area contributed by atoms with E-state index in [1.54, 1.807) is 30.3 Å². The van der Waals surface area contributed by atoms with E-state index in [2.05, 4.69) is 5.32 Å². The van der Waals surface area contributed by atoms with Gasteiger partial charge in [0.25, 0.3) is 0 Å². The summed E-state index contributed by atoms with van der Waals surface area (Å²) < 4.78 is 5.09. The number of hydrogen-bond donors (Lipinski definition) is 2. The third-order valence-electron chi connectivity index (χ3n) is 2.68. The van der Waals surface area contributed by atoms with Gasteiger partial charge in [-0.05, 0) is 19.1 Å². The highest BCUT2D eigenvalue weighted by Crippen LogP contribution is 2.21. The number of esters is 1. The number of carbonyl (C=O) groups excluding carboxylic acids is 2. The summed E-state index contributed by atoms with van der Waals surface area (Å²) in [6, 6.07) is 8.49. The van der Waals surface area contributed by atoms with Crippen molar-refractivity contribution in [2.24, 2.45) is 5.92 Å². The van der Waals surface area contributed by atoms with Crippen LogP contribution >= 0.6 is 0 Å². The summed E-state index contributed by atoms with van der Waals surface area (Å²) in [6.45, 7) is 1.49. The zero-order valence-electron chi connectivity index (χ0n) is 9.29. The molecular weight excluding hydrogens is 222 g/mol. The van der Waals surface area contributed by atoms with E-state index in [1.165, 1.54) is 6.92 Å². The smallest absolute Gasteiger partial charge is 0.340 e. The van der Waals surface area contributed by atoms with Crippen LogP contribution in [0.5, 0.6) is 0 Å². The van der Waals surface area contributed by atoms with Crippen molar-refractivity contribution in [1.29, 1.82) is 0 Å². The van der Waals surface area contributed by atoms with E-state index in [9.17, 15) is 14.7 Å². The van der Waals surface area contributed by atoms with E-state index in [-0.39, 0.29) is 5.91 Å². The molecule has 17 heavy (non-hydrogen) atoms. The van der Waals surface area contributed by atoms with E-state index in [0.717, 1.165) is 0 Å². The molecule has 1 aromatic carbocycles. The number of nitrogens with one attached hydrogen (secondary N) is 1. The Hall–Kier alpha value is -1.88. The van der Waals surface area contributed by atoms with Crippen molar-refractivity contribution in [1.82, 2.24) is 5.32 Å².